The van der Waals surface area contributed by atoms with Crippen LogP contribution in [0.2, 0.25) is 0 Å². The summed E-state index contributed by atoms with van der Waals surface area (Å²) in [5, 5.41) is 11.0. The molecule has 1 aromatic rings. The molecule has 1 aromatic carbocycles. The molecule has 0 atom stereocenters. The number of esters is 1. The number of nitriles is 1. The predicted octanol–water partition coefficient (Wildman–Crippen LogP) is 2.13. The fourth-order valence-electron chi connectivity index (χ4n) is 1.33. The van der Waals surface area contributed by atoms with Crippen LogP contribution in [-0.2, 0) is 14.3 Å². The number of hydrogen-bond acceptors (Lipinski definition) is 6. The highest BCUT2D eigenvalue weighted by atomic mass is 16.6. The summed E-state index contributed by atoms with van der Waals surface area (Å²) in [6, 6.07) is 4.82. The van der Waals surface area contributed by atoms with Gasteiger partial charge in [-0.1, -0.05) is 12.6 Å². The molecule has 0 spiro atoms. The highest BCUT2D eigenvalue weighted by Crippen LogP contribution is 2.22. The van der Waals surface area contributed by atoms with Gasteiger partial charge in [-0.05, 0) is 18.6 Å². The summed E-state index contributed by atoms with van der Waals surface area (Å²) >= 11 is 0. The molecule has 7 heteroatoms. The van der Waals surface area contributed by atoms with E-state index in [-0.39, 0.29) is 13.2 Å². The summed E-state index contributed by atoms with van der Waals surface area (Å²) < 4.78 is 14.2. The van der Waals surface area contributed by atoms with Gasteiger partial charge in [0.2, 0.25) is 0 Å². The zero-order valence-corrected chi connectivity index (χ0v) is 11.4. The van der Waals surface area contributed by atoms with Gasteiger partial charge >= 0.3 is 12.1 Å². The number of nitrogens with zero attached hydrogens (tertiary/aromatic N) is 1. The van der Waals surface area contributed by atoms with Crippen molar-refractivity contribution in [1.82, 2.24) is 0 Å². The number of hydrogen-bond donors (Lipinski definition) is 1. The Morgan fingerprint density at radius 2 is 2.10 bits per heavy atom. The Labute approximate surface area is 121 Å². The first kappa shape index (κ1) is 16.0. The smallest absolute Gasteiger partial charge is 0.411 e. The molecule has 0 heterocycles. The molecule has 0 aromatic heterocycles. The molecule has 1 rings (SSSR count). The Morgan fingerprint density at radius 1 is 1.38 bits per heavy atom. The van der Waals surface area contributed by atoms with Crippen molar-refractivity contribution in [3.05, 3.63) is 36.4 Å². The number of nitrogens with one attached hydrogen (secondary N) is 1. The molecule has 0 saturated heterocycles. The Balaban J connectivity index is 2.44. The third kappa shape index (κ3) is 5.65. The van der Waals surface area contributed by atoms with Crippen LogP contribution in [-0.4, -0.2) is 25.3 Å². The van der Waals surface area contributed by atoms with Gasteiger partial charge in [0, 0.05) is 17.8 Å². The van der Waals surface area contributed by atoms with Crippen LogP contribution in [0, 0.1) is 18.4 Å². The maximum absolute atomic E-state index is 11.5. The highest BCUT2D eigenvalue weighted by molar-refractivity contribution is 5.85. The second kappa shape index (κ2) is 8.22. The van der Waals surface area contributed by atoms with Crippen molar-refractivity contribution in [3.63, 3.8) is 0 Å². The molecule has 0 fully saturated rings. The van der Waals surface area contributed by atoms with Gasteiger partial charge in [0.1, 0.15) is 19.0 Å². The first-order chi connectivity index (χ1) is 10.1. The van der Waals surface area contributed by atoms with Gasteiger partial charge in [-0.3, -0.25) is 5.32 Å². The van der Waals surface area contributed by atoms with E-state index in [1.54, 1.807) is 25.3 Å². The third-order valence-electron chi connectivity index (χ3n) is 2.32. The fraction of sp³-hybridized carbons (Fsp3) is 0.214. The standard InChI is InChI=1S/C14H14N2O5/c1-3-13(17)19-6-7-20-14(18)16-11-5-4-10(2)12(8-11)21-9-15/h3-5,8H,1,6-7H2,2H3,(H,16,18). The molecule has 21 heavy (non-hydrogen) atoms. The summed E-state index contributed by atoms with van der Waals surface area (Å²) in [6.07, 6.45) is 1.87. The van der Waals surface area contributed by atoms with E-state index in [0.717, 1.165) is 11.6 Å². The van der Waals surface area contributed by atoms with Crippen LogP contribution in [0.1, 0.15) is 5.56 Å². The lowest BCUT2D eigenvalue weighted by molar-refractivity contribution is -0.138. The van der Waals surface area contributed by atoms with Gasteiger partial charge in [-0.2, -0.15) is 0 Å². The lowest BCUT2D eigenvalue weighted by atomic mass is 10.2. The van der Waals surface area contributed by atoms with Crippen molar-refractivity contribution in [2.45, 2.75) is 6.92 Å². The molecular formula is C14H14N2O5. The molecule has 0 bridgehead atoms. The minimum absolute atomic E-state index is 0.0606. The topological polar surface area (TPSA) is 97.7 Å². The van der Waals surface area contributed by atoms with Crippen molar-refractivity contribution in [3.8, 4) is 12.0 Å². The van der Waals surface area contributed by atoms with Gasteiger partial charge in [-0.25, -0.2) is 9.59 Å². The molecule has 0 unspecified atom stereocenters. The first-order valence-corrected chi connectivity index (χ1v) is 5.96. The number of amides is 1. The monoisotopic (exact) mass is 290 g/mol. The Kier molecular flexibility index (Phi) is 6.28. The molecule has 7 nitrogen and oxygen atoms in total. The van der Waals surface area contributed by atoms with E-state index in [1.807, 2.05) is 0 Å². The van der Waals surface area contributed by atoms with Crippen LogP contribution in [0.4, 0.5) is 10.5 Å². The Hall–Kier alpha value is -3.01. The molecule has 0 saturated carbocycles. The van der Waals surface area contributed by atoms with E-state index in [2.05, 4.69) is 16.6 Å². The average molecular weight is 290 g/mol. The van der Waals surface area contributed by atoms with Crippen LogP contribution >= 0.6 is 0 Å². The Morgan fingerprint density at radius 3 is 2.76 bits per heavy atom. The predicted molar refractivity (Wildman–Crippen MR) is 73.5 cm³/mol. The lowest BCUT2D eigenvalue weighted by Gasteiger charge is -2.09. The minimum atomic E-state index is -0.712. The second-order valence-electron chi connectivity index (χ2n) is 3.81. The number of carbonyl (C=O) groups is 2. The van der Waals surface area contributed by atoms with Crippen LogP contribution in [0.5, 0.6) is 5.75 Å². The van der Waals surface area contributed by atoms with E-state index in [1.165, 1.54) is 6.07 Å². The highest BCUT2D eigenvalue weighted by Gasteiger charge is 2.07. The number of carbonyl (C=O) groups excluding carboxylic acids is 2. The lowest BCUT2D eigenvalue weighted by Crippen LogP contribution is -2.17. The maximum atomic E-state index is 11.5. The minimum Gasteiger partial charge on any atom is -0.459 e. The van der Waals surface area contributed by atoms with Crippen molar-refractivity contribution < 1.29 is 23.8 Å². The normalized spacial score (nSPS) is 9.14. The van der Waals surface area contributed by atoms with Crippen LogP contribution in [0.3, 0.4) is 0 Å². The van der Waals surface area contributed by atoms with E-state index in [0.29, 0.717) is 11.4 Å². The molecule has 0 aliphatic rings. The molecule has 0 radical (unpaired) electrons. The summed E-state index contributed by atoms with van der Waals surface area (Å²) in [6.45, 7) is 4.85. The molecular weight excluding hydrogens is 276 g/mol. The van der Waals surface area contributed by atoms with Gasteiger partial charge < -0.3 is 14.2 Å². The van der Waals surface area contributed by atoms with E-state index < -0.39 is 12.1 Å². The van der Waals surface area contributed by atoms with E-state index >= 15 is 0 Å². The molecule has 1 N–H and O–H groups in total. The number of aryl methyl sites for hydroxylation is 1. The summed E-state index contributed by atoms with van der Waals surface area (Å²) in [4.78, 5) is 22.2. The third-order valence-corrected chi connectivity index (χ3v) is 2.32. The second-order valence-corrected chi connectivity index (χ2v) is 3.81. The molecule has 110 valence electrons. The molecule has 0 aliphatic carbocycles. The van der Waals surface area contributed by atoms with Crippen molar-refractivity contribution >= 4 is 17.7 Å². The quantitative estimate of drug-likeness (QED) is 0.373. The van der Waals surface area contributed by atoms with Crippen molar-refractivity contribution in [2.75, 3.05) is 18.5 Å². The summed E-state index contributed by atoms with van der Waals surface area (Å²) in [5.41, 5.74) is 1.17. The van der Waals surface area contributed by atoms with Gasteiger partial charge in [-0.15, -0.1) is 5.26 Å². The SMILES string of the molecule is C=CC(=O)OCCOC(=O)Nc1ccc(C)c(OC#N)c1. The molecule has 0 aliphatic heterocycles. The van der Waals surface area contributed by atoms with Gasteiger partial charge in [0.25, 0.3) is 6.26 Å². The van der Waals surface area contributed by atoms with Crippen molar-refractivity contribution in [1.29, 1.82) is 5.26 Å². The summed E-state index contributed by atoms with van der Waals surface area (Å²) in [7, 11) is 0. The fourth-order valence-corrected chi connectivity index (χ4v) is 1.33. The average Bonchev–Trinajstić information content (AvgIpc) is 2.47. The van der Waals surface area contributed by atoms with E-state index in [4.69, 9.17) is 14.7 Å². The van der Waals surface area contributed by atoms with Crippen molar-refractivity contribution in [2.24, 2.45) is 0 Å². The largest absolute Gasteiger partial charge is 0.459 e. The molecule has 1 amide bonds. The zero-order valence-electron chi connectivity index (χ0n) is 11.4. The van der Waals surface area contributed by atoms with Crippen LogP contribution < -0.4 is 10.1 Å². The Bertz CT molecular complexity index is 577. The van der Waals surface area contributed by atoms with E-state index in [9.17, 15) is 9.59 Å². The van der Waals surface area contributed by atoms with Crippen LogP contribution in [0.25, 0.3) is 0 Å². The zero-order chi connectivity index (χ0) is 15.7. The van der Waals surface area contributed by atoms with Crippen LogP contribution in [0.15, 0.2) is 30.9 Å². The number of rotatable bonds is 6. The van der Waals surface area contributed by atoms with Gasteiger partial charge in [0.15, 0.2) is 0 Å². The first-order valence-electron chi connectivity index (χ1n) is 5.96. The number of benzene rings is 1. The summed E-state index contributed by atoms with van der Waals surface area (Å²) in [5.74, 6) is -0.244. The number of ether oxygens (including phenoxy) is 3. The number of anilines is 1. The maximum Gasteiger partial charge on any atom is 0.411 e. The van der Waals surface area contributed by atoms with Gasteiger partial charge in [0.05, 0.1) is 0 Å².